The molecule has 6 heteroatoms. The highest BCUT2D eigenvalue weighted by Crippen LogP contribution is 2.35. The van der Waals surface area contributed by atoms with Crippen LogP contribution in [0, 0.1) is 18.3 Å². The molecule has 0 fully saturated rings. The van der Waals surface area contributed by atoms with Crippen molar-refractivity contribution < 1.29 is 4.74 Å². The molecular formula is C11H6Cl2N2OS. The fourth-order valence-corrected chi connectivity index (χ4v) is 2.27. The second-order valence-corrected chi connectivity index (χ2v) is 4.79. The van der Waals surface area contributed by atoms with Crippen molar-refractivity contribution in [1.29, 1.82) is 5.26 Å². The van der Waals surface area contributed by atoms with Gasteiger partial charge in [-0.3, -0.25) is 0 Å². The van der Waals surface area contributed by atoms with Gasteiger partial charge in [0.1, 0.15) is 17.4 Å². The van der Waals surface area contributed by atoms with Crippen LogP contribution in [0.3, 0.4) is 0 Å². The molecule has 17 heavy (non-hydrogen) atoms. The third-order valence-corrected chi connectivity index (χ3v) is 3.42. The third-order valence-electron chi connectivity index (χ3n) is 2.08. The number of aromatic nitrogens is 1. The molecule has 86 valence electrons. The lowest BCUT2D eigenvalue weighted by molar-refractivity contribution is 0.491. The predicted octanol–water partition coefficient (Wildman–Crippen LogP) is 4.42. The number of nitriles is 1. The summed E-state index contributed by atoms with van der Waals surface area (Å²) >= 11 is 12.7. The maximum absolute atomic E-state index is 8.92. The molecule has 0 aliphatic rings. The molecule has 2 rings (SSSR count). The molecule has 0 N–H and O–H groups in total. The first-order valence-electron chi connectivity index (χ1n) is 4.61. The van der Waals surface area contributed by atoms with Gasteiger partial charge in [-0.25, -0.2) is 0 Å². The normalized spacial score (nSPS) is 10.0. The van der Waals surface area contributed by atoms with Gasteiger partial charge in [-0.15, -0.1) is 0 Å². The quantitative estimate of drug-likeness (QED) is 0.820. The molecule has 3 nitrogen and oxygen atoms in total. The maximum atomic E-state index is 8.92. The summed E-state index contributed by atoms with van der Waals surface area (Å²) in [4.78, 5) is 0. The number of hydrogen-bond acceptors (Lipinski definition) is 4. The first-order valence-corrected chi connectivity index (χ1v) is 6.14. The summed E-state index contributed by atoms with van der Waals surface area (Å²) in [7, 11) is 0. The van der Waals surface area contributed by atoms with Gasteiger partial charge in [0.2, 0.25) is 5.06 Å². The molecule has 1 aromatic heterocycles. The van der Waals surface area contributed by atoms with E-state index < -0.39 is 0 Å². The Balaban J connectivity index is 2.38. The van der Waals surface area contributed by atoms with E-state index in [0.29, 0.717) is 15.8 Å². The molecule has 0 saturated carbocycles. The van der Waals surface area contributed by atoms with Crippen LogP contribution in [-0.4, -0.2) is 4.37 Å². The summed E-state index contributed by atoms with van der Waals surface area (Å²) in [6.07, 6.45) is 0. The Bertz CT molecular complexity index is 604. The van der Waals surface area contributed by atoms with Gasteiger partial charge >= 0.3 is 0 Å². The van der Waals surface area contributed by atoms with Crippen molar-refractivity contribution in [2.45, 2.75) is 6.92 Å². The Kier molecular flexibility index (Phi) is 3.53. The highest BCUT2D eigenvalue weighted by Gasteiger charge is 2.14. The van der Waals surface area contributed by atoms with Crippen LogP contribution < -0.4 is 4.74 Å². The van der Waals surface area contributed by atoms with Gasteiger partial charge in [-0.05, 0) is 24.6 Å². The smallest absolute Gasteiger partial charge is 0.219 e. The van der Waals surface area contributed by atoms with Crippen LogP contribution in [0.15, 0.2) is 18.2 Å². The van der Waals surface area contributed by atoms with E-state index in [1.54, 1.807) is 12.1 Å². The van der Waals surface area contributed by atoms with Crippen molar-refractivity contribution in [3.63, 3.8) is 0 Å². The Morgan fingerprint density at radius 1 is 1.41 bits per heavy atom. The average molecular weight is 285 g/mol. The molecule has 0 unspecified atom stereocenters. The molecule has 1 aromatic carbocycles. The number of aryl methyl sites for hydroxylation is 1. The molecule has 0 saturated heterocycles. The minimum Gasteiger partial charge on any atom is -0.443 e. The van der Waals surface area contributed by atoms with Crippen molar-refractivity contribution >= 4 is 34.7 Å². The number of benzene rings is 1. The van der Waals surface area contributed by atoms with Crippen LogP contribution in [-0.2, 0) is 0 Å². The van der Waals surface area contributed by atoms with Crippen LogP contribution in [0.2, 0.25) is 10.2 Å². The zero-order valence-corrected chi connectivity index (χ0v) is 11.0. The number of nitrogens with zero attached hydrogens (tertiary/aromatic N) is 2. The lowest BCUT2D eigenvalue weighted by Gasteiger charge is -2.06. The van der Waals surface area contributed by atoms with E-state index in [9.17, 15) is 0 Å². The maximum Gasteiger partial charge on any atom is 0.219 e. The zero-order chi connectivity index (χ0) is 12.4. The Morgan fingerprint density at radius 3 is 2.88 bits per heavy atom. The van der Waals surface area contributed by atoms with Gasteiger partial charge in [0.05, 0.1) is 0 Å². The van der Waals surface area contributed by atoms with Crippen LogP contribution in [0.1, 0.15) is 11.1 Å². The van der Waals surface area contributed by atoms with Crippen molar-refractivity contribution in [2.75, 3.05) is 0 Å². The molecule has 0 radical (unpaired) electrons. The van der Waals surface area contributed by atoms with E-state index in [-0.39, 0.29) is 10.7 Å². The highest BCUT2D eigenvalue weighted by molar-refractivity contribution is 7.08. The minimum atomic E-state index is 0.159. The van der Waals surface area contributed by atoms with Crippen molar-refractivity contribution in [2.24, 2.45) is 0 Å². The predicted molar refractivity (Wildman–Crippen MR) is 68.1 cm³/mol. The van der Waals surface area contributed by atoms with E-state index in [0.717, 1.165) is 17.1 Å². The second-order valence-electron chi connectivity index (χ2n) is 3.26. The fraction of sp³-hybridized carbons (Fsp3) is 0.0909. The lowest BCUT2D eigenvalue weighted by atomic mass is 10.2. The van der Waals surface area contributed by atoms with Gasteiger partial charge in [-0.1, -0.05) is 29.3 Å². The second kappa shape index (κ2) is 4.92. The Labute approximate surface area is 112 Å². The van der Waals surface area contributed by atoms with Crippen LogP contribution in [0.4, 0.5) is 0 Å². The monoisotopic (exact) mass is 284 g/mol. The molecule has 0 aliphatic carbocycles. The first-order chi connectivity index (χ1) is 8.11. The summed E-state index contributed by atoms with van der Waals surface area (Å²) < 4.78 is 9.46. The number of hydrogen-bond donors (Lipinski definition) is 0. The standard InChI is InChI=1S/C11H6Cl2N2OS/c1-6-2-3-7(12)4-9(6)16-11-8(5-14)10(13)15-17-11/h2-4H,1H3. The summed E-state index contributed by atoms with van der Waals surface area (Å²) in [5, 5.41) is 10.0. The zero-order valence-electron chi connectivity index (χ0n) is 8.70. The van der Waals surface area contributed by atoms with E-state index in [2.05, 4.69) is 4.37 Å². The molecular weight excluding hydrogens is 279 g/mol. The molecule has 0 atom stereocenters. The summed E-state index contributed by atoms with van der Waals surface area (Å²) in [6, 6.07) is 7.25. The largest absolute Gasteiger partial charge is 0.443 e. The van der Waals surface area contributed by atoms with Gasteiger partial charge in [0.15, 0.2) is 5.15 Å². The van der Waals surface area contributed by atoms with Crippen LogP contribution in [0.25, 0.3) is 0 Å². The van der Waals surface area contributed by atoms with E-state index in [1.165, 1.54) is 0 Å². The molecule has 2 aromatic rings. The van der Waals surface area contributed by atoms with Crippen molar-refractivity contribution in [3.05, 3.63) is 39.5 Å². The molecule has 0 spiro atoms. The topological polar surface area (TPSA) is 45.9 Å². The molecule has 0 amide bonds. The number of rotatable bonds is 2. The summed E-state index contributed by atoms with van der Waals surface area (Å²) in [5.41, 5.74) is 1.17. The van der Waals surface area contributed by atoms with Gasteiger partial charge in [0.25, 0.3) is 0 Å². The van der Waals surface area contributed by atoms with Crippen LogP contribution >= 0.6 is 34.7 Å². The van der Waals surface area contributed by atoms with Gasteiger partial charge < -0.3 is 4.74 Å². The minimum absolute atomic E-state index is 0.159. The van der Waals surface area contributed by atoms with E-state index in [4.69, 9.17) is 33.2 Å². The van der Waals surface area contributed by atoms with Gasteiger partial charge in [-0.2, -0.15) is 9.64 Å². The fourth-order valence-electron chi connectivity index (χ4n) is 1.20. The Morgan fingerprint density at radius 2 is 2.18 bits per heavy atom. The van der Waals surface area contributed by atoms with Gasteiger partial charge in [0, 0.05) is 16.6 Å². The molecule has 0 aliphatic heterocycles. The van der Waals surface area contributed by atoms with E-state index >= 15 is 0 Å². The summed E-state index contributed by atoms with van der Waals surface area (Å²) in [5.74, 6) is 0.592. The van der Waals surface area contributed by atoms with Crippen LogP contribution in [0.5, 0.6) is 10.8 Å². The lowest BCUT2D eigenvalue weighted by Crippen LogP contribution is -1.87. The third kappa shape index (κ3) is 2.52. The van der Waals surface area contributed by atoms with Crippen molar-refractivity contribution in [3.8, 4) is 16.9 Å². The average Bonchev–Trinajstić information content (AvgIpc) is 2.64. The molecule has 1 heterocycles. The molecule has 0 bridgehead atoms. The summed E-state index contributed by atoms with van der Waals surface area (Å²) in [6.45, 7) is 1.89. The highest BCUT2D eigenvalue weighted by atomic mass is 35.5. The van der Waals surface area contributed by atoms with E-state index in [1.807, 2.05) is 19.1 Å². The van der Waals surface area contributed by atoms with Crippen molar-refractivity contribution in [1.82, 2.24) is 4.37 Å². The SMILES string of the molecule is Cc1ccc(Cl)cc1Oc1snc(Cl)c1C#N. The first kappa shape index (κ1) is 12.2. The Hall–Kier alpha value is -1.28. The number of halogens is 2. The number of ether oxygens (including phenoxy) is 1.